The van der Waals surface area contributed by atoms with Crippen LogP contribution in [0, 0.1) is 10.1 Å². The standard InChI is InChI=1S/C19H15Cl2N3O5/c1-19(21)17(25)23(18(26)29-11-12-6-3-2-4-7-12)15(16(20)22-19)13-8-5-9-14(10-13)24(27)28/h2-10,22H,11H2,1H3. The van der Waals surface area contributed by atoms with Crippen molar-refractivity contribution in [2.45, 2.75) is 18.5 Å². The Morgan fingerprint density at radius 3 is 2.59 bits per heavy atom. The summed E-state index contributed by atoms with van der Waals surface area (Å²) in [5.41, 5.74) is 0.568. The Morgan fingerprint density at radius 2 is 1.93 bits per heavy atom. The molecule has 0 aromatic heterocycles. The predicted octanol–water partition coefficient (Wildman–Crippen LogP) is 4.18. The molecule has 0 spiro atoms. The van der Waals surface area contributed by atoms with Gasteiger partial charge in [-0.3, -0.25) is 14.9 Å². The third-order valence-corrected chi connectivity index (χ3v) is 4.63. The van der Waals surface area contributed by atoms with Crippen molar-refractivity contribution in [3.8, 4) is 0 Å². The fraction of sp³-hybridized carbons (Fsp3) is 0.158. The number of nitrogens with zero attached hydrogens (tertiary/aromatic N) is 2. The van der Waals surface area contributed by atoms with Gasteiger partial charge in [0.05, 0.1) is 10.6 Å². The largest absolute Gasteiger partial charge is 0.444 e. The molecule has 0 aliphatic carbocycles. The smallest absolute Gasteiger partial charge is 0.421 e. The zero-order valence-corrected chi connectivity index (χ0v) is 16.6. The van der Waals surface area contributed by atoms with E-state index in [0.29, 0.717) is 10.5 Å². The third kappa shape index (κ3) is 4.33. The summed E-state index contributed by atoms with van der Waals surface area (Å²) in [5, 5.41) is 13.6. The summed E-state index contributed by atoms with van der Waals surface area (Å²) in [5.74, 6) is -0.830. The first-order chi connectivity index (χ1) is 13.7. The van der Waals surface area contributed by atoms with Crippen LogP contribution in [0.25, 0.3) is 5.70 Å². The molecule has 8 nitrogen and oxygen atoms in total. The molecule has 3 rings (SSSR count). The van der Waals surface area contributed by atoms with Crippen molar-refractivity contribution in [2.24, 2.45) is 0 Å². The molecular formula is C19H15Cl2N3O5. The maximum absolute atomic E-state index is 12.9. The maximum atomic E-state index is 12.9. The fourth-order valence-electron chi connectivity index (χ4n) is 2.71. The molecule has 0 saturated heterocycles. The Bertz CT molecular complexity index is 1010. The lowest BCUT2D eigenvalue weighted by atomic mass is 10.1. The number of benzene rings is 2. The van der Waals surface area contributed by atoms with Crippen molar-refractivity contribution in [2.75, 3.05) is 0 Å². The van der Waals surface area contributed by atoms with E-state index in [1.165, 1.54) is 31.2 Å². The first-order valence-electron chi connectivity index (χ1n) is 8.37. The number of non-ortho nitro benzene ring substituents is 1. The minimum absolute atomic E-state index is 0.0865. The van der Waals surface area contributed by atoms with Gasteiger partial charge in [-0.05, 0) is 12.5 Å². The highest BCUT2D eigenvalue weighted by Crippen LogP contribution is 2.35. The molecule has 0 bridgehead atoms. The van der Waals surface area contributed by atoms with Gasteiger partial charge in [-0.1, -0.05) is 65.7 Å². The van der Waals surface area contributed by atoms with Crippen LogP contribution in [0.2, 0.25) is 0 Å². The number of ether oxygens (including phenoxy) is 1. The van der Waals surface area contributed by atoms with E-state index < -0.39 is 21.9 Å². The second-order valence-electron chi connectivity index (χ2n) is 6.28. The highest BCUT2D eigenvalue weighted by molar-refractivity contribution is 6.40. The van der Waals surface area contributed by atoms with Gasteiger partial charge in [0, 0.05) is 17.7 Å². The molecule has 1 aliphatic heterocycles. The maximum Gasteiger partial charge on any atom is 0.421 e. The molecule has 0 fully saturated rings. The Kier molecular flexibility index (Phi) is 5.76. The number of hydrogen-bond acceptors (Lipinski definition) is 6. The number of nitro groups is 1. The second-order valence-corrected chi connectivity index (χ2v) is 7.41. The minimum atomic E-state index is -1.70. The van der Waals surface area contributed by atoms with E-state index in [4.69, 9.17) is 27.9 Å². The van der Waals surface area contributed by atoms with Crippen LogP contribution in [0.1, 0.15) is 18.1 Å². The molecule has 1 atom stereocenters. The number of nitrogens with one attached hydrogen (secondary N) is 1. The molecule has 29 heavy (non-hydrogen) atoms. The van der Waals surface area contributed by atoms with Crippen molar-refractivity contribution >= 4 is 46.6 Å². The van der Waals surface area contributed by atoms with Gasteiger partial charge in [0.15, 0.2) is 5.00 Å². The summed E-state index contributed by atoms with van der Waals surface area (Å²) < 4.78 is 5.26. The van der Waals surface area contributed by atoms with Gasteiger partial charge < -0.3 is 10.1 Å². The van der Waals surface area contributed by atoms with Gasteiger partial charge in [-0.15, -0.1) is 0 Å². The van der Waals surface area contributed by atoms with Crippen molar-refractivity contribution in [3.05, 3.63) is 81.0 Å². The van der Waals surface area contributed by atoms with Gasteiger partial charge in [0.1, 0.15) is 11.8 Å². The Labute approximate surface area is 175 Å². The van der Waals surface area contributed by atoms with Gasteiger partial charge in [0.2, 0.25) is 0 Å². The zero-order valence-electron chi connectivity index (χ0n) is 15.1. The topological polar surface area (TPSA) is 102 Å². The van der Waals surface area contributed by atoms with E-state index in [1.54, 1.807) is 24.3 Å². The van der Waals surface area contributed by atoms with E-state index in [1.807, 2.05) is 6.07 Å². The number of carbonyl (C=O) groups is 2. The molecule has 1 aliphatic rings. The number of rotatable bonds is 4. The summed E-state index contributed by atoms with van der Waals surface area (Å²) in [4.78, 5) is 35.1. The SMILES string of the molecule is CC1(Cl)NC(Cl)=C(c2cccc([N+](=O)[O-])c2)N(C(=O)OCc2ccccc2)C1=O. The van der Waals surface area contributed by atoms with E-state index in [0.717, 1.165) is 0 Å². The molecule has 10 heteroatoms. The molecule has 0 radical (unpaired) electrons. The molecule has 2 aromatic carbocycles. The Balaban J connectivity index is 1.99. The van der Waals surface area contributed by atoms with Crippen LogP contribution in [-0.4, -0.2) is 26.8 Å². The molecular weight excluding hydrogens is 421 g/mol. The number of imide groups is 1. The van der Waals surface area contributed by atoms with Crippen molar-refractivity contribution < 1.29 is 19.2 Å². The number of alkyl halides is 1. The number of halogens is 2. The molecule has 2 aromatic rings. The van der Waals surface area contributed by atoms with E-state index >= 15 is 0 Å². The monoisotopic (exact) mass is 435 g/mol. The van der Waals surface area contributed by atoms with Gasteiger partial charge >= 0.3 is 6.09 Å². The highest BCUT2D eigenvalue weighted by atomic mass is 35.5. The molecule has 1 N–H and O–H groups in total. The fourth-order valence-corrected chi connectivity index (χ4v) is 3.32. The quantitative estimate of drug-likeness (QED) is 0.334. The van der Waals surface area contributed by atoms with E-state index in [9.17, 15) is 19.7 Å². The predicted molar refractivity (Wildman–Crippen MR) is 107 cm³/mol. The average Bonchev–Trinajstić information content (AvgIpc) is 2.69. The highest BCUT2D eigenvalue weighted by Gasteiger charge is 2.46. The number of amides is 2. The van der Waals surface area contributed by atoms with Crippen molar-refractivity contribution in [3.63, 3.8) is 0 Å². The molecule has 1 heterocycles. The summed E-state index contributed by atoms with van der Waals surface area (Å²) in [6.07, 6.45) is -1.01. The van der Waals surface area contributed by atoms with E-state index in [2.05, 4.69) is 5.32 Å². The minimum Gasteiger partial charge on any atom is -0.444 e. The van der Waals surface area contributed by atoms with Crippen LogP contribution in [0.3, 0.4) is 0 Å². The second kappa shape index (κ2) is 8.10. The van der Waals surface area contributed by atoms with Crippen LogP contribution in [0.5, 0.6) is 0 Å². The van der Waals surface area contributed by atoms with Crippen LogP contribution in [0.4, 0.5) is 10.5 Å². The summed E-state index contributed by atoms with van der Waals surface area (Å²) >= 11 is 12.4. The summed E-state index contributed by atoms with van der Waals surface area (Å²) in [6.45, 7) is 1.25. The Morgan fingerprint density at radius 1 is 1.24 bits per heavy atom. The van der Waals surface area contributed by atoms with Crippen molar-refractivity contribution in [1.29, 1.82) is 0 Å². The van der Waals surface area contributed by atoms with Crippen LogP contribution in [0.15, 0.2) is 59.8 Å². The molecule has 0 saturated carbocycles. The first kappa shape index (κ1) is 20.6. The van der Waals surface area contributed by atoms with Crippen LogP contribution >= 0.6 is 23.2 Å². The van der Waals surface area contributed by atoms with Crippen molar-refractivity contribution in [1.82, 2.24) is 10.2 Å². The molecule has 2 amide bonds. The van der Waals surface area contributed by atoms with E-state index in [-0.39, 0.29) is 28.7 Å². The zero-order chi connectivity index (χ0) is 21.2. The molecule has 150 valence electrons. The lowest BCUT2D eigenvalue weighted by molar-refractivity contribution is -0.384. The number of carbonyl (C=O) groups excluding carboxylic acids is 2. The number of hydrogen-bond donors (Lipinski definition) is 1. The van der Waals surface area contributed by atoms with Crippen LogP contribution in [-0.2, 0) is 16.1 Å². The summed E-state index contributed by atoms with van der Waals surface area (Å²) in [6, 6.07) is 14.2. The lowest BCUT2D eigenvalue weighted by Crippen LogP contribution is -2.57. The Hall–Kier alpha value is -3.10. The normalized spacial score (nSPS) is 19.0. The summed E-state index contributed by atoms with van der Waals surface area (Å²) in [7, 11) is 0. The number of nitro benzene ring substituents is 1. The van der Waals surface area contributed by atoms with Crippen LogP contribution < -0.4 is 5.32 Å². The third-order valence-electron chi connectivity index (χ3n) is 4.10. The van der Waals surface area contributed by atoms with Gasteiger partial charge in [-0.2, -0.15) is 0 Å². The average molecular weight is 436 g/mol. The van der Waals surface area contributed by atoms with Gasteiger partial charge in [0.25, 0.3) is 11.6 Å². The molecule has 1 unspecified atom stereocenters. The lowest BCUT2D eigenvalue weighted by Gasteiger charge is -2.36. The van der Waals surface area contributed by atoms with Gasteiger partial charge in [-0.25, -0.2) is 9.69 Å². The first-order valence-corrected chi connectivity index (χ1v) is 9.13.